The summed E-state index contributed by atoms with van der Waals surface area (Å²) in [7, 11) is 0. The first-order valence-electron chi connectivity index (χ1n) is 7.58. The van der Waals surface area contributed by atoms with Gasteiger partial charge in [-0.1, -0.05) is 6.07 Å². The van der Waals surface area contributed by atoms with E-state index in [9.17, 15) is 9.18 Å². The number of hydrogen-bond donors (Lipinski definition) is 2. The van der Waals surface area contributed by atoms with Gasteiger partial charge in [-0.25, -0.2) is 4.39 Å². The molecule has 5 nitrogen and oxygen atoms in total. The second-order valence-corrected chi connectivity index (χ2v) is 5.48. The van der Waals surface area contributed by atoms with Gasteiger partial charge >= 0.3 is 0 Å². The molecule has 1 amide bonds. The van der Waals surface area contributed by atoms with Crippen molar-refractivity contribution in [2.75, 3.05) is 26.4 Å². The predicted octanol–water partition coefficient (Wildman–Crippen LogP) is 1.60. The number of nitrogens with two attached hydrogens (primary N) is 1. The summed E-state index contributed by atoms with van der Waals surface area (Å²) in [5, 5.41) is 2.86. The number of carbonyl (C=O) groups excluding carboxylic acids is 1. The van der Waals surface area contributed by atoms with Crippen molar-refractivity contribution in [3.05, 3.63) is 29.6 Å². The smallest absolute Gasteiger partial charge is 0.227 e. The lowest BCUT2D eigenvalue weighted by molar-refractivity contribution is -0.136. The highest BCUT2D eigenvalue weighted by Crippen LogP contribution is 2.29. The number of amides is 1. The number of rotatable bonds is 6. The maximum Gasteiger partial charge on any atom is 0.227 e. The van der Waals surface area contributed by atoms with E-state index in [0.29, 0.717) is 44.8 Å². The molecule has 0 bridgehead atoms. The minimum Gasteiger partial charge on any atom is -0.491 e. The average Bonchev–Trinajstić information content (AvgIpc) is 2.55. The molecule has 2 rings (SSSR count). The highest BCUT2D eigenvalue weighted by atomic mass is 19.1. The Hall–Kier alpha value is -1.66. The molecule has 3 N–H and O–H groups in total. The number of halogens is 1. The normalized spacial score (nSPS) is 17.0. The summed E-state index contributed by atoms with van der Waals surface area (Å²) in [5.41, 5.74) is 5.91. The van der Waals surface area contributed by atoms with Crippen molar-refractivity contribution >= 4 is 5.91 Å². The molecule has 1 aliphatic rings. The van der Waals surface area contributed by atoms with E-state index < -0.39 is 11.2 Å². The van der Waals surface area contributed by atoms with Crippen LogP contribution in [0.15, 0.2) is 18.2 Å². The molecule has 1 aromatic carbocycles. The Bertz CT molecular complexity index is 516. The van der Waals surface area contributed by atoms with E-state index in [1.54, 1.807) is 19.1 Å². The zero-order valence-electron chi connectivity index (χ0n) is 12.9. The summed E-state index contributed by atoms with van der Waals surface area (Å²) in [6.07, 6.45) is 1.24. The fraction of sp³-hybridized carbons (Fsp3) is 0.562. The summed E-state index contributed by atoms with van der Waals surface area (Å²) < 4.78 is 24.2. The molecule has 0 atom stereocenters. The van der Waals surface area contributed by atoms with Gasteiger partial charge in [-0.15, -0.1) is 0 Å². The van der Waals surface area contributed by atoms with Gasteiger partial charge < -0.3 is 20.5 Å². The first kappa shape index (κ1) is 16.7. The lowest BCUT2D eigenvalue weighted by atomic mass is 9.79. The molecule has 122 valence electrons. The largest absolute Gasteiger partial charge is 0.491 e. The number of benzene rings is 1. The molecule has 0 unspecified atom stereocenters. The molecular formula is C16H23FN2O3. The standard InChI is InChI=1S/C16H23FN2O3/c1-2-22-14-4-3-12(9-13(14)17)10-19-15(20)16(11-18)5-7-21-8-6-16/h3-4,9H,2,5-8,10-11,18H2,1H3,(H,19,20). The minimum absolute atomic E-state index is 0.0902. The summed E-state index contributed by atoms with van der Waals surface area (Å²) in [5.74, 6) is -0.291. The van der Waals surface area contributed by atoms with Crippen LogP contribution in [-0.4, -0.2) is 32.3 Å². The zero-order chi connectivity index (χ0) is 16.0. The number of ether oxygens (including phenoxy) is 2. The van der Waals surface area contributed by atoms with Gasteiger partial charge in [0.1, 0.15) is 0 Å². The summed E-state index contributed by atoms with van der Waals surface area (Å²) in [4.78, 5) is 12.4. The second kappa shape index (κ2) is 7.56. The molecule has 1 aliphatic heterocycles. The lowest BCUT2D eigenvalue weighted by Gasteiger charge is -2.34. The molecule has 1 fully saturated rings. The van der Waals surface area contributed by atoms with Crippen LogP contribution in [0.1, 0.15) is 25.3 Å². The van der Waals surface area contributed by atoms with Crippen LogP contribution >= 0.6 is 0 Å². The van der Waals surface area contributed by atoms with Crippen molar-refractivity contribution in [3.8, 4) is 5.75 Å². The average molecular weight is 310 g/mol. The summed E-state index contributed by atoms with van der Waals surface area (Å²) >= 11 is 0. The van der Waals surface area contributed by atoms with E-state index in [-0.39, 0.29) is 18.2 Å². The number of hydrogen-bond acceptors (Lipinski definition) is 4. The van der Waals surface area contributed by atoms with Crippen LogP contribution in [-0.2, 0) is 16.1 Å². The second-order valence-electron chi connectivity index (χ2n) is 5.48. The van der Waals surface area contributed by atoms with Crippen molar-refractivity contribution < 1.29 is 18.7 Å². The number of carbonyl (C=O) groups is 1. The van der Waals surface area contributed by atoms with Crippen LogP contribution in [0, 0.1) is 11.2 Å². The molecule has 0 aliphatic carbocycles. The third kappa shape index (κ3) is 3.75. The maximum absolute atomic E-state index is 13.8. The number of nitrogens with one attached hydrogen (secondary N) is 1. The topological polar surface area (TPSA) is 73.6 Å². The van der Waals surface area contributed by atoms with Crippen molar-refractivity contribution in [3.63, 3.8) is 0 Å². The van der Waals surface area contributed by atoms with Gasteiger partial charge in [-0.3, -0.25) is 4.79 Å². The van der Waals surface area contributed by atoms with Crippen molar-refractivity contribution in [1.82, 2.24) is 5.32 Å². The molecule has 1 aromatic rings. The van der Waals surface area contributed by atoms with Crippen LogP contribution in [0.3, 0.4) is 0 Å². The van der Waals surface area contributed by atoms with Crippen LogP contribution in [0.4, 0.5) is 4.39 Å². The fourth-order valence-corrected chi connectivity index (χ4v) is 2.58. The molecular weight excluding hydrogens is 287 g/mol. The van der Waals surface area contributed by atoms with Gasteiger partial charge in [0.2, 0.25) is 5.91 Å². The van der Waals surface area contributed by atoms with Crippen molar-refractivity contribution in [2.45, 2.75) is 26.3 Å². The Morgan fingerprint density at radius 3 is 2.77 bits per heavy atom. The highest BCUT2D eigenvalue weighted by Gasteiger charge is 2.38. The van der Waals surface area contributed by atoms with Gasteiger partial charge in [0, 0.05) is 26.3 Å². The Morgan fingerprint density at radius 2 is 2.18 bits per heavy atom. The Kier molecular flexibility index (Phi) is 5.74. The predicted molar refractivity (Wildman–Crippen MR) is 81.0 cm³/mol. The Labute approximate surface area is 130 Å². The SMILES string of the molecule is CCOc1ccc(CNC(=O)C2(CN)CCOCC2)cc1F. The van der Waals surface area contributed by atoms with E-state index in [1.807, 2.05) is 0 Å². The molecule has 1 heterocycles. The molecule has 0 saturated carbocycles. The van der Waals surface area contributed by atoms with Crippen LogP contribution in [0.25, 0.3) is 0 Å². The monoisotopic (exact) mass is 310 g/mol. The van der Waals surface area contributed by atoms with E-state index in [1.165, 1.54) is 6.07 Å². The van der Waals surface area contributed by atoms with Gasteiger partial charge in [-0.2, -0.15) is 0 Å². The summed E-state index contributed by atoms with van der Waals surface area (Å²) in [6.45, 7) is 3.86. The van der Waals surface area contributed by atoms with Gasteiger partial charge in [-0.05, 0) is 37.5 Å². The third-order valence-corrected chi connectivity index (χ3v) is 4.07. The van der Waals surface area contributed by atoms with Gasteiger partial charge in [0.15, 0.2) is 11.6 Å². The molecule has 0 spiro atoms. The lowest BCUT2D eigenvalue weighted by Crippen LogP contribution is -2.48. The van der Waals surface area contributed by atoms with E-state index in [2.05, 4.69) is 5.32 Å². The Morgan fingerprint density at radius 1 is 1.45 bits per heavy atom. The van der Waals surface area contributed by atoms with Crippen LogP contribution in [0.2, 0.25) is 0 Å². The zero-order valence-corrected chi connectivity index (χ0v) is 12.9. The van der Waals surface area contributed by atoms with Gasteiger partial charge in [0.25, 0.3) is 0 Å². The maximum atomic E-state index is 13.8. The molecule has 6 heteroatoms. The highest BCUT2D eigenvalue weighted by molar-refractivity contribution is 5.83. The molecule has 0 radical (unpaired) electrons. The van der Waals surface area contributed by atoms with E-state index in [0.717, 1.165) is 0 Å². The van der Waals surface area contributed by atoms with E-state index in [4.69, 9.17) is 15.2 Å². The molecule has 0 aromatic heterocycles. The molecule has 1 saturated heterocycles. The quantitative estimate of drug-likeness (QED) is 0.837. The Balaban J connectivity index is 1.97. The first-order chi connectivity index (χ1) is 10.6. The van der Waals surface area contributed by atoms with E-state index >= 15 is 0 Å². The van der Waals surface area contributed by atoms with Gasteiger partial charge in [0.05, 0.1) is 12.0 Å². The van der Waals surface area contributed by atoms with Crippen LogP contribution < -0.4 is 15.8 Å². The minimum atomic E-state index is -0.567. The van der Waals surface area contributed by atoms with Crippen LogP contribution in [0.5, 0.6) is 5.75 Å². The first-order valence-corrected chi connectivity index (χ1v) is 7.58. The fourth-order valence-electron chi connectivity index (χ4n) is 2.58. The molecule has 22 heavy (non-hydrogen) atoms. The van der Waals surface area contributed by atoms with Crippen molar-refractivity contribution in [1.29, 1.82) is 0 Å². The van der Waals surface area contributed by atoms with Crippen molar-refractivity contribution in [2.24, 2.45) is 11.1 Å². The summed E-state index contributed by atoms with van der Waals surface area (Å²) in [6, 6.07) is 4.70. The third-order valence-electron chi connectivity index (χ3n) is 4.07.